The van der Waals surface area contributed by atoms with Gasteiger partial charge in [0.05, 0.1) is 16.2 Å². The van der Waals surface area contributed by atoms with Crippen LogP contribution in [0.5, 0.6) is 0 Å². The number of amides is 2. The minimum absolute atomic E-state index is 0.170. The maximum Gasteiger partial charge on any atom is 0.267 e. The van der Waals surface area contributed by atoms with E-state index in [0.29, 0.717) is 20.8 Å². The van der Waals surface area contributed by atoms with Gasteiger partial charge in [-0.15, -0.1) is 11.3 Å². The third-order valence-corrected chi connectivity index (χ3v) is 5.67. The smallest absolute Gasteiger partial charge is 0.267 e. The Balaban J connectivity index is 1.84. The predicted molar refractivity (Wildman–Crippen MR) is 96.3 cm³/mol. The molecular formula is C16H12N4O2S2. The van der Waals surface area contributed by atoms with E-state index in [2.05, 4.69) is 9.98 Å². The molecule has 0 N–H and O–H groups in total. The summed E-state index contributed by atoms with van der Waals surface area (Å²) in [5, 5.41) is 2.93. The number of benzene rings is 1. The van der Waals surface area contributed by atoms with Gasteiger partial charge < -0.3 is 4.90 Å². The minimum atomic E-state index is -0.219. The second-order valence-electron chi connectivity index (χ2n) is 5.26. The fourth-order valence-corrected chi connectivity index (χ4v) is 4.26. The summed E-state index contributed by atoms with van der Waals surface area (Å²) in [5.74, 6) is -0.389. The van der Waals surface area contributed by atoms with Gasteiger partial charge in [-0.1, -0.05) is 18.2 Å². The summed E-state index contributed by atoms with van der Waals surface area (Å²) in [6.45, 7) is 0. The van der Waals surface area contributed by atoms with Crippen molar-refractivity contribution in [2.75, 3.05) is 19.0 Å². The highest BCUT2D eigenvalue weighted by Crippen LogP contribution is 2.43. The first-order valence-electron chi connectivity index (χ1n) is 7.13. The van der Waals surface area contributed by atoms with Gasteiger partial charge in [0.15, 0.2) is 5.17 Å². The lowest BCUT2D eigenvalue weighted by molar-refractivity contribution is -0.121. The van der Waals surface area contributed by atoms with E-state index in [4.69, 9.17) is 0 Å². The molecule has 2 aliphatic rings. The Hall–Kier alpha value is -2.45. The van der Waals surface area contributed by atoms with E-state index in [1.54, 1.807) is 25.2 Å². The van der Waals surface area contributed by atoms with Crippen LogP contribution < -0.4 is 4.90 Å². The van der Waals surface area contributed by atoms with Gasteiger partial charge in [-0.05, 0) is 17.8 Å². The number of hydrogen-bond acceptors (Lipinski definition) is 6. The second-order valence-corrected chi connectivity index (χ2v) is 7.11. The molecule has 0 atom stereocenters. The highest BCUT2D eigenvalue weighted by Gasteiger charge is 2.40. The number of carbonyl (C=O) groups is 2. The van der Waals surface area contributed by atoms with Crippen molar-refractivity contribution < 1.29 is 9.59 Å². The first-order chi connectivity index (χ1) is 11.6. The third-order valence-electron chi connectivity index (χ3n) is 3.87. The van der Waals surface area contributed by atoms with Crippen molar-refractivity contribution >= 4 is 56.5 Å². The average molecular weight is 356 g/mol. The zero-order valence-corrected chi connectivity index (χ0v) is 14.5. The van der Waals surface area contributed by atoms with E-state index < -0.39 is 0 Å². The number of amidine groups is 1. The zero-order valence-electron chi connectivity index (χ0n) is 12.9. The molecule has 1 fully saturated rings. The van der Waals surface area contributed by atoms with Crippen LogP contribution in [-0.4, -0.2) is 41.0 Å². The quantitative estimate of drug-likeness (QED) is 0.737. The van der Waals surface area contributed by atoms with E-state index in [1.807, 2.05) is 29.6 Å². The number of hydrogen-bond donors (Lipinski definition) is 0. The van der Waals surface area contributed by atoms with Crippen molar-refractivity contribution in [3.8, 4) is 0 Å². The molecule has 2 aromatic rings. The summed E-state index contributed by atoms with van der Waals surface area (Å²) in [6, 6.07) is 7.48. The first-order valence-corrected chi connectivity index (χ1v) is 8.83. The Morgan fingerprint density at radius 1 is 1.08 bits per heavy atom. The third kappa shape index (κ3) is 2.18. The van der Waals surface area contributed by atoms with Gasteiger partial charge >= 0.3 is 0 Å². The molecule has 0 aliphatic carbocycles. The van der Waals surface area contributed by atoms with E-state index in [0.717, 1.165) is 11.3 Å². The number of nitrogens with zero attached hydrogens (tertiary/aromatic N) is 4. The summed E-state index contributed by atoms with van der Waals surface area (Å²) in [5.41, 5.74) is 2.04. The van der Waals surface area contributed by atoms with Crippen LogP contribution >= 0.6 is 23.1 Å². The van der Waals surface area contributed by atoms with Crippen molar-refractivity contribution in [3.63, 3.8) is 0 Å². The summed E-state index contributed by atoms with van der Waals surface area (Å²) in [7, 11) is 3.37. The SMILES string of the molecule is CN1C(=O)/C(=C2/C(=O)N(C)c3ccccc32)S/C1=N/c1nccs1. The van der Waals surface area contributed by atoms with Crippen molar-refractivity contribution in [2.45, 2.75) is 0 Å². The monoisotopic (exact) mass is 356 g/mol. The topological polar surface area (TPSA) is 65.9 Å². The molecular weight excluding hydrogens is 344 g/mol. The Labute approximate surface area is 146 Å². The largest absolute Gasteiger partial charge is 0.311 e. The number of likely N-dealkylation sites (N-methyl/N-ethyl adjacent to an activating group) is 2. The van der Waals surface area contributed by atoms with Crippen LogP contribution in [0.2, 0.25) is 0 Å². The van der Waals surface area contributed by atoms with Gasteiger partial charge in [0.2, 0.25) is 5.13 Å². The van der Waals surface area contributed by atoms with Gasteiger partial charge in [-0.3, -0.25) is 14.5 Å². The lowest BCUT2D eigenvalue weighted by Crippen LogP contribution is -2.25. The maximum absolute atomic E-state index is 12.7. The molecule has 2 aliphatic heterocycles. The van der Waals surface area contributed by atoms with Gasteiger partial charge in [0.25, 0.3) is 11.8 Å². The molecule has 8 heteroatoms. The van der Waals surface area contributed by atoms with Gasteiger partial charge in [0.1, 0.15) is 0 Å². The molecule has 0 unspecified atom stereocenters. The molecule has 0 radical (unpaired) electrons. The van der Waals surface area contributed by atoms with Crippen molar-refractivity contribution in [2.24, 2.45) is 4.99 Å². The van der Waals surface area contributed by atoms with Crippen molar-refractivity contribution in [1.29, 1.82) is 0 Å². The van der Waals surface area contributed by atoms with Gasteiger partial charge in [-0.25, -0.2) is 4.98 Å². The summed E-state index contributed by atoms with van der Waals surface area (Å²) in [4.78, 5) is 37.3. The fraction of sp³-hybridized carbons (Fsp3) is 0.125. The molecule has 0 spiro atoms. The molecule has 0 saturated carbocycles. The maximum atomic E-state index is 12.7. The van der Waals surface area contributed by atoms with E-state index >= 15 is 0 Å². The molecule has 1 saturated heterocycles. The molecule has 6 nitrogen and oxygen atoms in total. The Kier molecular flexibility index (Phi) is 3.50. The molecule has 3 heterocycles. The number of anilines is 1. The van der Waals surface area contributed by atoms with Crippen LogP contribution in [0.15, 0.2) is 45.7 Å². The number of aliphatic imine (C=N–C) groups is 1. The number of fused-ring (bicyclic) bond motifs is 1. The van der Waals surface area contributed by atoms with Gasteiger partial charge in [-0.2, -0.15) is 4.99 Å². The lowest BCUT2D eigenvalue weighted by atomic mass is 10.1. The van der Waals surface area contributed by atoms with Crippen molar-refractivity contribution in [3.05, 3.63) is 46.3 Å². The normalized spacial score (nSPS) is 22.0. The molecule has 120 valence electrons. The number of thioether (sulfide) groups is 1. The molecule has 1 aromatic carbocycles. The fourth-order valence-electron chi connectivity index (χ4n) is 2.64. The Bertz CT molecular complexity index is 918. The van der Waals surface area contributed by atoms with Crippen molar-refractivity contribution in [1.82, 2.24) is 9.88 Å². The lowest BCUT2D eigenvalue weighted by Gasteiger charge is -2.08. The van der Waals surface area contributed by atoms with E-state index in [9.17, 15) is 9.59 Å². The van der Waals surface area contributed by atoms with Crippen LogP contribution in [0, 0.1) is 0 Å². The number of rotatable bonds is 1. The predicted octanol–water partition coefficient (Wildman–Crippen LogP) is 2.72. The summed E-state index contributed by atoms with van der Waals surface area (Å²) >= 11 is 2.61. The highest BCUT2D eigenvalue weighted by atomic mass is 32.2. The average Bonchev–Trinajstić information content (AvgIpc) is 3.25. The van der Waals surface area contributed by atoms with Crippen LogP contribution in [0.4, 0.5) is 10.8 Å². The first kappa shape index (κ1) is 15.1. The molecule has 24 heavy (non-hydrogen) atoms. The Morgan fingerprint density at radius 3 is 2.62 bits per heavy atom. The van der Waals surface area contributed by atoms with Crippen LogP contribution in [-0.2, 0) is 9.59 Å². The standard InChI is InChI=1S/C16H12N4O2S2/c1-19-10-6-4-3-5-9(10)11(13(19)21)12-14(22)20(2)16(24-12)18-15-17-7-8-23-15/h3-8H,1-2H3/b12-11-,18-16+. The second kappa shape index (κ2) is 5.57. The summed E-state index contributed by atoms with van der Waals surface area (Å²) < 4.78 is 0. The zero-order chi connectivity index (χ0) is 16.8. The highest BCUT2D eigenvalue weighted by molar-refractivity contribution is 8.18. The number of thiazole rings is 1. The Morgan fingerprint density at radius 2 is 1.88 bits per heavy atom. The summed E-state index contributed by atoms with van der Waals surface area (Å²) in [6.07, 6.45) is 1.66. The van der Waals surface area contributed by atoms with Crippen LogP contribution in [0.25, 0.3) is 5.57 Å². The molecule has 2 amide bonds. The minimum Gasteiger partial charge on any atom is -0.311 e. The molecule has 4 rings (SSSR count). The van der Waals surface area contributed by atoms with E-state index in [1.165, 1.54) is 28.0 Å². The van der Waals surface area contributed by atoms with Gasteiger partial charge in [0, 0.05) is 31.2 Å². The van der Waals surface area contributed by atoms with E-state index in [-0.39, 0.29) is 11.8 Å². The number of para-hydroxylation sites is 1. The van der Waals surface area contributed by atoms with Crippen LogP contribution in [0.3, 0.4) is 0 Å². The van der Waals surface area contributed by atoms with Crippen LogP contribution in [0.1, 0.15) is 5.56 Å². The number of aromatic nitrogens is 1. The molecule has 1 aromatic heterocycles. The molecule has 0 bridgehead atoms. The number of carbonyl (C=O) groups excluding carboxylic acids is 2.